The van der Waals surface area contributed by atoms with Crippen molar-refractivity contribution in [2.24, 2.45) is 5.73 Å². The molecule has 0 aliphatic heterocycles. The monoisotopic (exact) mass is 1030 g/mol. The molecule has 0 aromatic carbocycles. The average Bonchev–Trinajstić information content (AvgIpc) is 3.37. The van der Waals surface area contributed by atoms with Gasteiger partial charge in [0.15, 0.2) is 6.10 Å². The first-order chi connectivity index (χ1) is 35.3. The number of nitrogens with two attached hydrogens (primary N) is 1. The van der Waals surface area contributed by atoms with E-state index in [-0.39, 0.29) is 38.6 Å². The van der Waals surface area contributed by atoms with Gasteiger partial charge < -0.3 is 20.1 Å². The summed E-state index contributed by atoms with van der Waals surface area (Å²) in [5.74, 6) is -0.817. The van der Waals surface area contributed by atoms with Crippen LogP contribution in [0.5, 0.6) is 0 Å². The fourth-order valence-corrected chi connectivity index (χ4v) is 9.23. The molecule has 3 N–H and O–H groups in total. The third-order valence-electron chi connectivity index (χ3n) is 12.9. The Kier molecular flexibility index (Phi) is 55.7. The van der Waals surface area contributed by atoms with Crippen LogP contribution in [0, 0.1) is 0 Å². The highest BCUT2D eigenvalue weighted by molar-refractivity contribution is 7.47. The van der Waals surface area contributed by atoms with Gasteiger partial charge in [-0.05, 0) is 64.2 Å². The Balaban J connectivity index is 3.78. The normalized spacial score (nSPS) is 13.6. The molecule has 0 radical (unpaired) electrons. The van der Waals surface area contributed by atoms with Gasteiger partial charge in [-0.25, -0.2) is 4.57 Å². The summed E-state index contributed by atoms with van der Waals surface area (Å²) >= 11 is 0. The number of esters is 2. The van der Waals surface area contributed by atoms with Gasteiger partial charge in [0.25, 0.3) is 0 Å². The molecule has 0 rings (SSSR count). The predicted molar refractivity (Wildman–Crippen MR) is 307 cm³/mol. The molecular formula is C62H112NO8P. The first-order valence-electron chi connectivity index (χ1n) is 29.9. The van der Waals surface area contributed by atoms with Crippen LogP contribution in [0.25, 0.3) is 0 Å². The molecule has 2 atom stereocenters. The molecule has 0 aromatic heterocycles. The molecule has 9 nitrogen and oxygen atoms in total. The lowest BCUT2D eigenvalue weighted by Gasteiger charge is -2.19. The number of phosphoric ester groups is 1. The molecule has 10 heteroatoms. The van der Waals surface area contributed by atoms with Gasteiger partial charge in [-0.3, -0.25) is 18.6 Å². The van der Waals surface area contributed by atoms with Gasteiger partial charge in [0, 0.05) is 19.4 Å². The Hall–Kier alpha value is -2.55. The van der Waals surface area contributed by atoms with Crippen LogP contribution in [0.15, 0.2) is 72.9 Å². The van der Waals surface area contributed by atoms with Crippen molar-refractivity contribution in [2.75, 3.05) is 26.4 Å². The van der Waals surface area contributed by atoms with E-state index in [1.165, 1.54) is 173 Å². The second kappa shape index (κ2) is 57.7. The molecule has 0 spiro atoms. The molecule has 2 unspecified atom stereocenters. The quantitative estimate of drug-likeness (QED) is 0.0264. The molecule has 0 aliphatic rings. The van der Waals surface area contributed by atoms with E-state index in [2.05, 4.69) is 86.8 Å². The molecule has 0 bridgehead atoms. The van der Waals surface area contributed by atoms with Crippen LogP contribution in [0.4, 0.5) is 0 Å². The first-order valence-corrected chi connectivity index (χ1v) is 31.4. The largest absolute Gasteiger partial charge is 0.472 e. The van der Waals surface area contributed by atoms with Gasteiger partial charge in [0.1, 0.15) is 6.61 Å². The van der Waals surface area contributed by atoms with Crippen LogP contribution in [0.2, 0.25) is 0 Å². The molecule has 0 aromatic rings. The number of carbonyl (C=O) groups excluding carboxylic acids is 2. The summed E-state index contributed by atoms with van der Waals surface area (Å²) in [7, 11) is -4.38. The Morgan fingerprint density at radius 1 is 0.431 bits per heavy atom. The predicted octanol–water partition coefficient (Wildman–Crippen LogP) is 18.9. The lowest BCUT2D eigenvalue weighted by atomic mass is 10.0. The average molecular weight is 1030 g/mol. The maximum absolute atomic E-state index is 12.7. The number of phosphoric acid groups is 1. The van der Waals surface area contributed by atoms with Crippen LogP contribution in [-0.4, -0.2) is 49.3 Å². The molecule has 418 valence electrons. The fraction of sp³-hybridized carbons (Fsp3) is 0.774. The number of unbranched alkanes of at least 4 members (excludes halogenated alkanes) is 31. The minimum absolute atomic E-state index is 0.0544. The fourth-order valence-electron chi connectivity index (χ4n) is 8.47. The Morgan fingerprint density at radius 2 is 0.764 bits per heavy atom. The summed E-state index contributed by atoms with van der Waals surface area (Å²) in [4.78, 5) is 35.1. The van der Waals surface area contributed by atoms with Crippen molar-refractivity contribution in [3.8, 4) is 0 Å². The number of hydrogen-bond acceptors (Lipinski definition) is 8. The number of carbonyl (C=O) groups is 2. The Bertz CT molecular complexity index is 1410. The van der Waals surface area contributed by atoms with E-state index in [0.29, 0.717) is 6.42 Å². The number of hydrogen-bond donors (Lipinski definition) is 2. The smallest absolute Gasteiger partial charge is 0.462 e. The van der Waals surface area contributed by atoms with E-state index in [1.807, 2.05) is 0 Å². The molecule has 0 amide bonds. The molecule has 0 saturated carbocycles. The lowest BCUT2D eigenvalue weighted by molar-refractivity contribution is -0.161. The van der Waals surface area contributed by atoms with E-state index >= 15 is 0 Å². The standard InChI is InChI=1S/C62H112NO8P/c1-3-5-7-9-11-13-15-17-18-19-20-21-22-23-24-25-26-27-28-29-30-31-32-33-34-35-36-37-38-39-40-41-42-43-45-47-49-51-53-55-62(65)71-60(59-70-72(66,67)69-57-56-63)58-68-61(64)54-52-50-48-46-44-16-14-12-10-8-6-4-2/h5,7,11,13,17-18,20-21,23-24,26-27,60H,3-4,6,8-10,12,14-16,19,22,25,28-59,63H2,1-2H3,(H,66,67)/b7-5-,13-11-,18-17-,21-20-,24-23-,27-26-. The van der Waals surface area contributed by atoms with Gasteiger partial charge in [-0.1, -0.05) is 273 Å². The maximum Gasteiger partial charge on any atom is 0.472 e. The third-order valence-corrected chi connectivity index (χ3v) is 13.8. The second-order valence-electron chi connectivity index (χ2n) is 19.8. The van der Waals surface area contributed by atoms with Crippen LogP contribution < -0.4 is 5.73 Å². The molecule has 0 aliphatic carbocycles. The third kappa shape index (κ3) is 56.7. The minimum atomic E-state index is -4.38. The zero-order valence-corrected chi connectivity index (χ0v) is 47.5. The zero-order chi connectivity index (χ0) is 52.4. The van der Waals surface area contributed by atoms with Gasteiger partial charge in [0.2, 0.25) is 0 Å². The Labute approximate surface area is 443 Å². The summed E-state index contributed by atoms with van der Waals surface area (Å²) in [5, 5.41) is 0. The van der Waals surface area contributed by atoms with E-state index in [1.54, 1.807) is 0 Å². The highest BCUT2D eigenvalue weighted by atomic mass is 31.2. The molecule has 0 heterocycles. The van der Waals surface area contributed by atoms with Gasteiger partial charge in [-0.15, -0.1) is 0 Å². The van der Waals surface area contributed by atoms with Crippen molar-refractivity contribution >= 4 is 19.8 Å². The van der Waals surface area contributed by atoms with Crippen LogP contribution in [-0.2, 0) is 32.7 Å². The van der Waals surface area contributed by atoms with Crippen molar-refractivity contribution in [3.05, 3.63) is 72.9 Å². The minimum Gasteiger partial charge on any atom is -0.462 e. The maximum atomic E-state index is 12.7. The number of ether oxygens (including phenoxy) is 2. The van der Waals surface area contributed by atoms with E-state index < -0.39 is 26.5 Å². The highest BCUT2D eigenvalue weighted by Gasteiger charge is 2.26. The summed E-state index contributed by atoms with van der Waals surface area (Å²) in [5.41, 5.74) is 5.37. The van der Waals surface area contributed by atoms with Crippen molar-refractivity contribution in [1.82, 2.24) is 0 Å². The van der Waals surface area contributed by atoms with Crippen molar-refractivity contribution < 1.29 is 37.6 Å². The molecule has 72 heavy (non-hydrogen) atoms. The van der Waals surface area contributed by atoms with Crippen LogP contribution >= 0.6 is 7.82 Å². The van der Waals surface area contributed by atoms with Crippen molar-refractivity contribution in [1.29, 1.82) is 0 Å². The SMILES string of the molecule is CC/C=C\C/C=C\C/C=C\C/C=C\C/C=C\C/C=C\CCCCCCCCCCCCCCCCCCCCCCC(=O)OC(COC(=O)CCCCCCCCCCCCCC)COP(=O)(O)OCCN. The van der Waals surface area contributed by atoms with Gasteiger partial charge in [0.05, 0.1) is 13.2 Å². The zero-order valence-electron chi connectivity index (χ0n) is 46.7. The van der Waals surface area contributed by atoms with Gasteiger partial charge in [-0.2, -0.15) is 0 Å². The van der Waals surface area contributed by atoms with E-state index in [4.69, 9.17) is 24.3 Å². The van der Waals surface area contributed by atoms with E-state index in [0.717, 1.165) is 70.6 Å². The number of rotatable bonds is 56. The molecule has 0 saturated heterocycles. The van der Waals surface area contributed by atoms with Gasteiger partial charge >= 0.3 is 19.8 Å². The molecule has 0 fully saturated rings. The topological polar surface area (TPSA) is 134 Å². The Morgan fingerprint density at radius 3 is 1.14 bits per heavy atom. The number of allylic oxidation sites excluding steroid dienone is 12. The van der Waals surface area contributed by atoms with Crippen LogP contribution in [0.1, 0.15) is 277 Å². The van der Waals surface area contributed by atoms with Crippen LogP contribution in [0.3, 0.4) is 0 Å². The summed E-state index contributed by atoms with van der Waals surface area (Å²) in [6.45, 7) is 3.65. The first kappa shape index (κ1) is 69.5. The van der Waals surface area contributed by atoms with Crippen molar-refractivity contribution in [2.45, 2.75) is 283 Å². The molecular weight excluding hydrogens is 918 g/mol. The van der Waals surface area contributed by atoms with Crippen molar-refractivity contribution in [3.63, 3.8) is 0 Å². The van der Waals surface area contributed by atoms with E-state index in [9.17, 15) is 19.0 Å². The summed E-state index contributed by atoms with van der Waals surface area (Å²) < 4.78 is 33.0. The summed E-state index contributed by atoms with van der Waals surface area (Å²) in [6, 6.07) is 0. The summed E-state index contributed by atoms with van der Waals surface area (Å²) in [6.07, 6.45) is 74.1. The lowest BCUT2D eigenvalue weighted by Crippen LogP contribution is -2.29. The highest BCUT2D eigenvalue weighted by Crippen LogP contribution is 2.43. The second-order valence-corrected chi connectivity index (χ2v) is 21.3.